The van der Waals surface area contributed by atoms with Gasteiger partial charge in [-0.1, -0.05) is 200 Å². The van der Waals surface area contributed by atoms with Gasteiger partial charge in [0.15, 0.2) is 0 Å². The Bertz CT molecular complexity index is 909. The van der Waals surface area contributed by atoms with E-state index in [-0.39, 0.29) is 25.2 Å². The maximum absolute atomic E-state index is 12.1. The van der Waals surface area contributed by atoms with Crippen molar-refractivity contribution in [3.8, 4) is 0 Å². The molecular weight excluding hydrogens is 790 g/mol. The molecule has 0 bridgehead atoms. The van der Waals surface area contributed by atoms with Crippen LogP contribution in [0.5, 0.6) is 0 Å². The van der Waals surface area contributed by atoms with Gasteiger partial charge in [-0.15, -0.1) is 11.6 Å². The van der Waals surface area contributed by atoms with E-state index in [1.165, 1.54) is 245 Å². The molecule has 7 nitrogen and oxygen atoms in total. The fourth-order valence-corrected chi connectivity index (χ4v) is 8.90. The molecular formula is C54H108ClN3O4. The quantitative estimate of drug-likeness (QED) is 0.0342. The summed E-state index contributed by atoms with van der Waals surface area (Å²) in [5, 5.41) is 0. The minimum Gasteiger partial charge on any atom is -0.462 e. The first-order chi connectivity index (χ1) is 30.4. The minimum absolute atomic E-state index is 0.164. The lowest BCUT2D eigenvalue weighted by molar-refractivity contribution is -0.152. The van der Waals surface area contributed by atoms with Crippen molar-refractivity contribution in [1.29, 1.82) is 0 Å². The maximum Gasteiger partial charge on any atom is 0.305 e. The summed E-state index contributed by atoms with van der Waals surface area (Å²) < 4.78 is 10.6. The van der Waals surface area contributed by atoms with Crippen molar-refractivity contribution in [2.75, 3.05) is 79.0 Å². The van der Waals surface area contributed by atoms with Gasteiger partial charge in [-0.25, -0.2) is 0 Å². The highest BCUT2D eigenvalue weighted by Crippen LogP contribution is 2.15. The molecule has 0 spiro atoms. The number of unbranched alkanes of at least 4 members (excludes halogenated alkanes) is 31. The largest absolute Gasteiger partial charge is 0.462 e. The van der Waals surface area contributed by atoms with Gasteiger partial charge in [0.25, 0.3) is 0 Å². The van der Waals surface area contributed by atoms with Crippen LogP contribution in [0.2, 0.25) is 0 Å². The summed E-state index contributed by atoms with van der Waals surface area (Å²) >= 11 is 6.10. The monoisotopic (exact) mass is 898 g/mol. The third-order valence-electron chi connectivity index (χ3n) is 12.7. The average Bonchev–Trinajstić information content (AvgIpc) is 3.26. The maximum atomic E-state index is 12.1. The van der Waals surface area contributed by atoms with Crippen LogP contribution in [0.3, 0.4) is 0 Å². The van der Waals surface area contributed by atoms with Crippen LogP contribution in [0.1, 0.15) is 258 Å². The van der Waals surface area contributed by atoms with Gasteiger partial charge in [-0.3, -0.25) is 9.59 Å². The van der Waals surface area contributed by atoms with E-state index in [1.54, 1.807) is 0 Å². The van der Waals surface area contributed by atoms with Gasteiger partial charge in [0.05, 0.1) is 0 Å². The lowest BCUT2D eigenvalue weighted by Crippen LogP contribution is -2.29. The van der Waals surface area contributed by atoms with Gasteiger partial charge in [0, 0.05) is 25.3 Å². The number of carbonyl (C=O) groups excluding carboxylic acids is 2. The number of alkyl halides is 1. The Morgan fingerprint density at radius 2 is 0.597 bits per heavy atom. The van der Waals surface area contributed by atoms with Crippen LogP contribution in [0.4, 0.5) is 0 Å². The Morgan fingerprint density at radius 1 is 0.339 bits per heavy atom. The van der Waals surface area contributed by atoms with Crippen LogP contribution in [-0.2, 0) is 19.1 Å². The molecule has 0 aromatic carbocycles. The van der Waals surface area contributed by atoms with Crippen molar-refractivity contribution in [3.63, 3.8) is 0 Å². The molecule has 0 saturated carbocycles. The van der Waals surface area contributed by atoms with Crippen molar-refractivity contribution in [2.24, 2.45) is 0 Å². The molecule has 8 heteroatoms. The standard InChI is InChI=1S/C54H108ClN3O4/c1-5-7-9-11-13-15-18-24-30-36-45-57(49-40-44-56(3)4)46-37-31-26-20-17-22-28-34-41-53(59)61-51-52-62-54(60)42-35-29-23-21-27-33-39-48-58(50-43-55)47-38-32-25-19-16-14-12-10-8-6-2/h5-52H2,1-4H3. The molecule has 0 aliphatic heterocycles. The van der Waals surface area contributed by atoms with E-state index in [2.05, 4.69) is 42.6 Å². The summed E-state index contributed by atoms with van der Waals surface area (Å²) in [6.07, 6.45) is 47.9. The molecule has 0 aliphatic rings. The SMILES string of the molecule is CCCCCCCCCCCCN(CCCl)CCCCCCCCCC(=O)OCCOC(=O)CCCCCCCCCCN(CCCCCCCCCCCC)CCCN(C)C. The number of hydrogen-bond donors (Lipinski definition) is 0. The van der Waals surface area contributed by atoms with Crippen LogP contribution < -0.4 is 0 Å². The van der Waals surface area contributed by atoms with Gasteiger partial charge >= 0.3 is 11.9 Å². The third kappa shape index (κ3) is 48.6. The summed E-state index contributed by atoms with van der Waals surface area (Å²) in [4.78, 5) is 31.9. The van der Waals surface area contributed by atoms with Crippen LogP contribution in [0.15, 0.2) is 0 Å². The number of rotatable bonds is 52. The molecule has 0 radical (unpaired) electrons. The molecule has 0 aliphatic carbocycles. The number of nitrogens with zero attached hydrogens (tertiary/aromatic N) is 3. The Kier molecular flexibility index (Phi) is 50.4. The Hall–Kier alpha value is -0.890. The Morgan fingerprint density at radius 3 is 0.887 bits per heavy atom. The van der Waals surface area contributed by atoms with E-state index in [0.717, 1.165) is 38.1 Å². The summed E-state index contributed by atoms with van der Waals surface area (Å²) in [6, 6.07) is 0. The zero-order valence-corrected chi connectivity index (χ0v) is 43.0. The minimum atomic E-state index is -0.176. The van der Waals surface area contributed by atoms with Crippen molar-refractivity contribution in [1.82, 2.24) is 14.7 Å². The number of esters is 2. The predicted octanol–water partition coefficient (Wildman–Crippen LogP) is 15.3. The molecule has 0 rings (SSSR count). The Labute approximate surface area is 392 Å². The second-order valence-corrected chi connectivity index (χ2v) is 19.5. The highest BCUT2D eigenvalue weighted by Gasteiger charge is 2.08. The molecule has 0 saturated heterocycles. The molecule has 0 N–H and O–H groups in total. The van der Waals surface area contributed by atoms with E-state index in [1.807, 2.05) is 0 Å². The fourth-order valence-electron chi connectivity index (χ4n) is 8.66. The van der Waals surface area contributed by atoms with Gasteiger partial charge in [0.1, 0.15) is 13.2 Å². The molecule has 0 heterocycles. The van der Waals surface area contributed by atoms with Crippen molar-refractivity contribution in [2.45, 2.75) is 258 Å². The first-order valence-corrected chi connectivity index (χ1v) is 27.9. The molecule has 0 aromatic heterocycles. The predicted molar refractivity (Wildman–Crippen MR) is 271 cm³/mol. The lowest BCUT2D eigenvalue weighted by Gasteiger charge is -2.23. The fraction of sp³-hybridized carbons (Fsp3) is 0.963. The smallest absolute Gasteiger partial charge is 0.305 e. The molecule has 0 amide bonds. The molecule has 62 heavy (non-hydrogen) atoms. The summed E-state index contributed by atoms with van der Waals surface area (Å²) in [6.45, 7) is 13.2. The normalized spacial score (nSPS) is 11.7. The number of carbonyl (C=O) groups is 2. The van der Waals surface area contributed by atoms with Crippen molar-refractivity contribution < 1.29 is 19.1 Å². The summed E-state index contributed by atoms with van der Waals surface area (Å²) in [5.41, 5.74) is 0. The molecule has 0 unspecified atom stereocenters. The van der Waals surface area contributed by atoms with Gasteiger partial charge in [0.2, 0.25) is 0 Å². The zero-order valence-electron chi connectivity index (χ0n) is 42.3. The van der Waals surface area contributed by atoms with Crippen molar-refractivity contribution >= 4 is 23.5 Å². The zero-order chi connectivity index (χ0) is 45.2. The Balaban J connectivity index is 3.68. The highest BCUT2D eigenvalue weighted by molar-refractivity contribution is 6.18. The number of hydrogen-bond acceptors (Lipinski definition) is 7. The molecule has 370 valence electrons. The van der Waals surface area contributed by atoms with Crippen LogP contribution in [0, 0.1) is 0 Å². The summed E-state index contributed by atoms with van der Waals surface area (Å²) in [5.74, 6) is 0.377. The highest BCUT2D eigenvalue weighted by atomic mass is 35.5. The van der Waals surface area contributed by atoms with E-state index in [4.69, 9.17) is 21.1 Å². The lowest BCUT2D eigenvalue weighted by atomic mass is 10.1. The van der Waals surface area contributed by atoms with Gasteiger partial charge in [-0.05, 0) is 98.3 Å². The second-order valence-electron chi connectivity index (χ2n) is 19.1. The number of halogens is 1. The topological polar surface area (TPSA) is 62.3 Å². The van der Waals surface area contributed by atoms with E-state index in [0.29, 0.717) is 12.8 Å². The van der Waals surface area contributed by atoms with Gasteiger partial charge < -0.3 is 24.2 Å². The molecule has 0 fully saturated rings. The average molecular weight is 899 g/mol. The third-order valence-corrected chi connectivity index (χ3v) is 12.9. The first kappa shape index (κ1) is 61.1. The first-order valence-electron chi connectivity index (χ1n) is 27.4. The van der Waals surface area contributed by atoms with Crippen LogP contribution >= 0.6 is 11.6 Å². The second kappa shape index (κ2) is 51.1. The summed E-state index contributed by atoms with van der Waals surface area (Å²) in [7, 11) is 4.36. The molecule has 0 aromatic rings. The molecule has 0 atom stereocenters. The van der Waals surface area contributed by atoms with E-state index in [9.17, 15) is 9.59 Å². The van der Waals surface area contributed by atoms with Gasteiger partial charge in [-0.2, -0.15) is 0 Å². The number of ether oxygens (including phenoxy) is 2. The van der Waals surface area contributed by atoms with Crippen LogP contribution in [0.25, 0.3) is 0 Å². The van der Waals surface area contributed by atoms with Crippen molar-refractivity contribution in [3.05, 3.63) is 0 Å². The van der Waals surface area contributed by atoms with Crippen LogP contribution in [-0.4, -0.2) is 106 Å². The van der Waals surface area contributed by atoms with E-state index >= 15 is 0 Å². The van der Waals surface area contributed by atoms with E-state index < -0.39 is 0 Å².